The highest BCUT2D eigenvalue weighted by molar-refractivity contribution is 6.15. The Morgan fingerprint density at radius 1 is 1.78 bits per heavy atom. The molecule has 0 aromatic rings. The van der Waals surface area contributed by atoms with Gasteiger partial charge in [0.05, 0.1) is 0 Å². The zero-order valence-electron chi connectivity index (χ0n) is 6.35. The van der Waals surface area contributed by atoms with E-state index in [9.17, 15) is 0 Å². The van der Waals surface area contributed by atoms with E-state index >= 15 is 0 Å². The fourth-order valence-electron chi connectivity index (χ4n) is 1.74. The normalized spacial score (nSPS) is 43.6. The lowest BCUT2D eigenvalue weighted by molar-refractivity contribution is 0.227. The highest BCUT2D eigenvalue weighted by Crippen LogP contribution is 2.44. The first-order valence-electron chi connectivity index (χ1n) is 3.75. The number of aliphatic hydroxyl groups excluding tert-OH is 1. The van der Waals surface area contributed by atoms with Crippen LogP contribution in [0.4, 0.5) is 0 Å². The molecule has 9 heavy (non-hydrogen) atoms. The van der Waals surface area contributed by atoms with Gasteiger partial charge in [0, 0.05) is 6.61 Å². The van der Waals surface area contributed by atoms with Gasteiger partial charge in [-0.1, -0.05) is 25.1 Å². The Labute approximate surface area is 57.9 Å². The SMILES string of the molecule is BC1(C)CCC(CO)C1. The van der Waals surface area contributed by atoms with Crippen molar-refractivity contribution in [2.75, 3.05) is 6.61 Å². The van der Waals surface area contributed by atoms with Crippen LogP contribution in [0, 0.1) is 5.92 Å². The number of hydrogen-bond donors (Lipinski definition) is 1. The third-order valence-electron chi connectivity index (χ3n) is 2.33. The van der Waals surface area contributed by atoms with Crippen molar-refractivity contribution in [3.05, 3.63) is 0 Å². The lowest BCUT2D eigenvalue weighted by Crippen LogP contribution is -2.04. The van der Waals surface area contributed by atoms with E-state index in [-0.39, 0.29) is 0 Å². The molecule has 0 aliphatic heterocycles. The maximum absolute atomic E-state index is 8.80. The van der Waals surface area contributed by atoms with Gasteiger partial charge in [0.1, 0.15) is 7.85 Å². The number of rotatable bonds is 1. The van der Waals surface area contributed by atoms with Gasteiger partial charge in [-0.25, -0.2) is 0 Å². The summed E-state index contributed by atoms with van der Waals surface area (Å²) in [5.74, 6) is 0.597. The minimum absolute atomic E-state index is 0.392. The van der Waals surface area contributed by atoms with Crippen LogP contribution in [0.1, 0.15) is 26.2 Å². The molecular weight excluding hydrogens is 111 g/mol. The first kappa shape index (κ1) is 7.14. The van der Waals surface area contributed by atoms with Crippen molar-refractivity contribution >= 4 is 7.85 Å². The summed E-state index contributed by atoms with van der Waals surface area (Å²) in [6.45, 7) is 2.67. The van der Waals surface area contributed by atoms with Crippen LogP contribution in [0.15, 0.2) is 0 Å². The maximum atomic E-state index is 8.80. The molecule has 0 saturated heterocycles. The van der Waals surface area contributed by atoms with Gasteiger partial charge in [-0.2, -0.15) is 0 Å². The van der Waals surface area contributed by atoms with E-state index in [1.807, 2.05) is 0 Å². The molecule has 0 aromatic heterocycles. The molecule has 0 bridgehead atoms. The van der Waals surface area contributed by atoms with Crippen molar-refractivity contribution in [2.45, 2.75) is 31.5 Å². The van der Waals surface area contributed by atoms with Crippen LogP contribution in [0.2, 0.25) is 5.31 Å². The fourth-order valence-corrected chi connectivity index (χ4v) is 1.74. The van der Waals surface area contributed by atoms with Gasteiger partial charge in [0.15, 0.2) is 0 Å². The third kappa shape index (κ3) is 1.72. The molecular formula is C7H15BO. The van der Waals surface area contributed by atoms with E-state index in [0.717, 1.165) is 0 Å². The summed E-state index contributed by atoms with van der Waals surface area (Å²) in [7, 11) is 2.28. The average molecular weight is 126 g/mol. The van der Waals surface area contributed by atoms with E-state index in [2.05, 4.69) is 14.8 Å². The van der Waals surface area contributed by atoms with Crippen molar-refractivity contribution < 1.29 is 5.11 Å². The molecule has 0 heterocycles. The largest absolute Gasteiger partial charge is 0.396 e. The van der Waals surface area contributed by atoms with Gasteiger partial charge in [-0.05, 0) is 12.3 Å². The summed E-state index contributed by atoms with van der Waals surface area (Å²) in [6.07, 6.45) is 3.73. The second kappa shape index (κ2) is 2.33. The molecule has 0 aromatic carbocycles. The van der Waals surface area contributed by atoms with Crippen molar-refractivity contribution in [2.24, 2.45) is 5.92 Å². The monoisotopic (exact) mass is 126 g/mol. The van der Waals surface area contributed by atoms with Crippen molar-refractivity contribution in [3.8, 4) is 0 Å². The molecule has 1 aliphatic rings. The molecule has 0 amide bonds. The summed E-state index contributed by atoms with van der Waals surface area (Å²) in [4.78, 5) is 0. The topological polar surface area (TPSA) is 20.2 Å². The molecule has 52 valence electrons. The lowest BCUT2D eigenvalue weighted by atomic mass is 9.69. The average Bonchev–Trinajstić information content (AvgIpc) is 2.10. The standard InChI is InChI=1S/C7H15BO/c1-7(8)3-2-6(4-7)5-9/h6,9H,2-5,8H2,1H3. The van der Waals surface area contributed by atoms with Crippen molar-refractivity contribution in [1.82, 2.24) is 0 Å². The lowest BCUT2D eigenvalue weighted by Gasteiger charge is -2.15. The Morgan fingerprint density at radius 2 is 2.44 bits per heavy atom. The molecule has 1 rings (SSSR count). The molecule has 1 aliphatic carbocycles. The summed E-state index contributed by atoms with van der Waals surface area (Å²) in [5.41, 5.74) is 0. The molecule has 1 nitrogen and oxygen atoms in total. The Kier molecular flexibility index (Phi) is 1.85. The molecule has 2 unspecified atom stereocenters. The predicted molar refractivity (Wildman–Crippen MR) is 41.3 cm³/mol. The van der Waals surface area contributed by atoms with Crippen LogP contribution < -0.4 is 0 Å². The summed E-state index contributed by atoms with van der Waals surface area (Å²) in [5, 5.41) is 9.31. The van der Waals surface area contributed by atoms with Crippen molar-refractivity contribution in [3.63, 3.8) is 0 Å². The van der Waals surface area contributed by atoms with Gasteiger partial charge < -0.3 is 5.11 Å². The van der Waals surface area contributed by atoms with E-state index in [0.29, 0.717) is 17.8 Å². The highest BCUT2D eigenvalue weighted by atomic mass is 16.3. The second-order valence-corrected chi connectivity index (χ2v) is 3.96. The van der Waals surface area contributed by atoms with Gasteiger partial charge in [-0.15, -0.1) is 0 Å². The summed E-state index contributed by atoms with van der Waals surface area (Å²) < 4.78 is 0. The molecule has 1 saturated carbocycles. The molecule has 1 fully saturated rings. The third-order valence-corrected chi connectivity index (χ3v) is 2.33. The van der Waals surface area contributed by atoms with Crippen LogP contribution in [0.5, 0.6) is 0 Å². The van der Waals surface area contributed by atoms with Gasteiger partial charge in [-0.3, -0.25) is 0 Å². The Bertz CT molecular complexity index is 101. The van der Waals surface area contributed by atoms with Crippen LogP contribution >= 0.6 is 0 Å². The molecule has 0 radical (unpaired) electrons. The van der Waals surface area contributed by atoms with E-state index in [1.165, 1.54) is 19.3 Å². The summed E-state index contributed by atoms with van der Waals surface area (Å²) in [6, 6.07) is 0. The molecule has 1 N–H and O–H groups in total. The summed E-state index contributed by atoms with van der Waals surface area (Å²) >= 11 is 0. The molecule has 0 spiro atoms. The van der Waals surface area contributed by atoms with Gasteiger partial charge in [0.2, 0.25) is 0 Å². The van der Waals surface area contributed by atoms with Crippen LogP contribution in [0.3, 0.4) is 0 Å². The minimum Gasteiger partial charge on any atom is -0.396 e. The zero-order chi connectivity index (χ0) is 6.91. The smallest absolute Gasteiger partial charge is 0.109 e. The first-order chi connectivity index (χ1) is 4.14. The predicted octanol–water partition coefficient (Wildman–Crippen LogP) is 0.591. The Balaban J connectivity index is 2.38. The number of hydrogen-bond acceptors (Lipinski definition) is 1. The maximum Gasteiger partial charge on any atom is 0.109 e. The second-order valence-electron chi connectivity index (χ2n) is 3.96. The zero-order valence-corrected chi connectivity index (χ0v) is 6.35. The fraction of sp³-hybridized carbons (Fsp3) is 1.00. The van der Waals surface area contributed by atoms with E-state index < -0.39 is 0 Å². The van der Waals surface area contributed by atoms with Crippen LogP contribution in [0.25, 0.3) is 0 Å². The first-order valence-corrected chi connectivity index (χ1v) is 3.75. The van der Waals surface area contributed by atoms with Crippen molar-refractivity contribution in [1.29, 1.82) is 0 Å². The highest BCUT2D eigenvalue weighted by Gasteiger charge is 2.29. The molecule has 2 atom stereocenters. The molecule has 2 heteroatoms. The Morgan fingerprint density at radius 3 is 2.67 bits per heavy atom. The van der Waals surface area contributed by atoms with E-state index in [4.69, 9.17) is 5.11 Å². The van der Waals surface area contributed by atoms with Gasteiger partial charge >= 0.3 is 0 Å². The van der Waals surface area contributed by atoms with Crippen LogP contribution in [-0.4, -0.2) is 19.6 Å². The number of aliphatic hydroxyl groups is 1. The van der Waals surface area contributed by atoms with Crippen LogP contribution in [-0.2, 0) is 0 Å². The minimum atomic E-state index is 0.392. The van der Waals surface area contributed by atoms with E-state index in [1.54, 1.807) is 0 Å². The Hall–Kier alpha value is 0.0249. The quantitative estimate of drug-likeness (QED) is 0.510. The van der Waals surface area contributed by atoms with Gasteiger partial charge in [0.25, 0.3) is 0 Å².